The number of aromatic nitrogens is 1. The average molecular weight is 272 g/mol. The topological polar surface area (TPSA) is 99.5 Å². The molecule has 0 bridgehead atoms. The average Bonchev–Trinajstić information content (AvgIpc) is 2.42. The van der Waals surface area contributed by atoms with Crippen LogP contribution >= 0.6 is 0 Å². The molecule has 0 radical (unpaired) electrons. The van der Waals surface area contributed by atoms with Crippen molar-refractivity contribution in [3.8, 4) is 5.75 Å². The van der Waals surface area contributed by atoms with Crippen molar-refractivity contribution in [2.24, 2.45) is 0 Å². The number of anilines is 1. The number of amides is 1. The molecule has 0 aliphatic carbocycles. The van der Waals surface area contributed by atoms with Gasteiger partial charge in [-0.1, -0.05) is 18.2 Å². The van der Waals surface area contributed by atoms with Crippen LogP contribution in [0.2, 0.25) is 0 Å². The molecule has 0 aliphatic rings. The standard InChI is InChI=1S/C14H12N2O4/c17-12-4-2-1-3-9(12)7-13(18)16-10-5-6-11(14(19)20)15-8-10/h1-6,8,17H,7H2,(H,16,18)(H,19,20). The zero-order valence-corrected chi connectivity index (χ0v) is 10.4. The van der Waals surface area contributed by atoms with E-state index >= 15 is 0 Å². The summed E-state index contributed by atoms with van der Waals surface area (Å²) in [6, 6.07) is 9.32. The summed E-state index contributed by atoms with van der Waals surface area (Å²) in [5.74, 6) is -1.39. The van der Waals surface area contributed by atoms with Gasteiger partial charge in [-0.25, -0.2) is 9.78 Å². The number of aromatic hydroxyl groups is 1. The zero-order valence-electron chi connectivity index (χ0n) is 10.4. The maximum absolute atomic E-state index is 11.8. The van der Waals surface area contributed by atoms with Crippen LogP contribution in [0.15, 0.2) is 42.6 Å². The summed E-state index contributed by atoms with van der Waals surface area (Å²) < 4.78 is 0. The number of carboxylic acids is 1. The number of para-hydroxylation sites is 1. The van der Waals surface area contributed by atoms with Crippen LogP contribution in [0.5, 0.6) is 5.75 Å². The molecule has 0 atom stereocenters. The Morgan fingerprint density at radius 2 is 1.90 bits per heavy atom. The maximum Gasteiger partial charge on any atom is 0.354 e. The summed E-state index contributed by atoms with van der Waals surface area (Å²) >= 11 is 0. The minimum absolute atomic E-state index is 0.0212. The summed E-state index contributed by atoms with van der Waals surface area (Å²) in [6.07, 6.45) is 1.29. The molecular weight excluding hydrogens is 260 g/mol. The van der Waals surface area contributed by atoms with Crippen LogP contribution in [0.4, 0.5) is 5.69 Å². The van der Waals surface area contributed by atoms with E-state index in [9.17, 15) is 14.7 Å². The number of phenolic OH excluding ortho intramolecular Hbond substituents is 1. The van der Waals surface area contributed by atoms with E-state index in [1.54, 1.807) is 18.2 Å². The first-order valence-electron chi connectivity index (χ1n) is 5.82. The fourth-order valence-corrected chi connectivity index (χ4v) is 1.63. The van der Waals surface area contributed by atoms with Crippen LogP contribution < -0.4 is 5.32 Å². The molecule has 0 fully saturated rings. The summed E-state index contributed by atoms with van der Waals surface area (Å²) in [6.45, 7) is 0. The van der Waals surface area contributed by atoms with E-state index < -0.39 is 5.97 Å². The highest BCUT2D eigenvalue weighted by atomic mass is 16.4. The molecule has 3 N–H and O–H groups in total. The Kier molecular flexibility index (Phi) is 3.95. The van der Waals surface area contributed by atoms with Crippen LogP contribution in [0.25, 0.3) is 0 Å². The van der Waals surface area contributed by atoms with Crippen molar-refractivity contribution in [2.45, 2.75) is 6.42 Å². The largest absolute Gasteiger partial charge is 0.508 e. The Hall–Kier alpha value is -2.89. The van der Waals surface area contributed by atoms with Crippen molar-refractivity contribution in [2.75, 3.05) is 5.32 Å². The van der Waals surface area contributed by atoms with Crippen LogP contribution in [-0.4, -0.2) is 27.1 Å². The lowest BCUT2D eigenvalue weighted by molar-refractivity contribution is -0.115. The number of nitrogens with one attached hydrogen (secondary N) is 1. The molecule has 20 heavy (non-hydrogen) atoms. The van der Waals surface area contributed by atoms with Gasteiger partial charge in [-0.2, -0.15) is 0 Å². The SMILES string of the molecule is O=C(Cc1ccccc1O)Nc1ccc(C(=O)O)nc1. The minimum Gasteiger partial charge on any atom is -0.508 e. The molecule has 0 unspecified atom stereocenters. The van der Waals surface area contributed by atoms with Gasteiger partial charge in [-0.15, -0.1) is 0 Å². The molecule has 2 aromatic rings. The Labute approximate surface area is 114 Å². The van der Waals surface area contributed by atoms with E-state index in [4.69, 9.17) is 5.11 Å². The molecule has 1 amide bonds. The quantitative estimate of drug-likeness (QED) is 0.786. The predicted octanol–water partition coefficient (Wildman–Crippen LogP) is 1.67. The Morgan fingerprint density at radius 1 is 1.15 bits per heavy atom. The number of aromatic carboxylic acids is 1. The normalized spacial score (nSPS) is 10.0. The lowest BCUT2D eigenvalue weighted by Gasteiger charge is -2.06. The van der Waals surface area contributed by atoms with Crippen molar-refractivity contribution < 1.29 is 19.8 Å². The maximum atomic E-state index is 11.8. The van der Waals surface area contributed by atoms with Gasteiger partial charge in [0, 0.05) is 5.56 Å². The lowest BCUT2D eigenvalue weighted by Crippen LogP contribution is -2.15. The Morgan fingerprint density at radius 3 is 2.50 bits per heavy atom. The van der Waals surface area contributed by atoms with Crippen molar-refractivity contribution in [1.82, 2.24) is 4.98 Å². The third-order valence-electron chi connectivity index (χ3n) is 2.61. The Bertz CT molecular complexity index is 638. The van der Waals surface area contributed by atoms with E-state index in [2.05, 4.69) is 10.3 Å². The third kappa shape index (κ3) is 3.32. The van der Waals surface area contributed by atoms with E-state index in [-0.39, 0.29) is 23.8 Å². The van der Waals surface area contributed by atoms with Crippen LogP contribution in [0.3, 0.4) is 0 Å². The monoisotopic (exact) mass is 272 g/mol. The summed E-state index contributed by atoms with van der Waals surface area (Å²) in [7, 11) is 0. The molecule has 6 nitrogen and oxygen atoms in total. The van der Waals surface area contributed by atoms with Crippen molar-refractivity contribution in [3.63, 3.8) is 0 Å². The van der Waals surface area contributed by atoms with E-state index in [1.807, 2.05) is 0 Å². The number of carbonyl (C=O) groups excluding carboxylic acids is 1. The smallest absolute Gasteiger partial charge is 0.354 e. The van der Waals surface area contributed by atoms with Gasteiger partial charge in [0.05, 0.1) is 18.3 Å². The minimum atomic E-state index is -1.13. The zero-order chi connectivity index (χ0) is 14.5. The second kappa shape index (κ2) is 5.83. The highest BCUT2D eigenvalue weighted by Crippen LogP contribution is 2.16. The first kappa shape index (κ1) is 13.5. The second-order valence-electron chi connectivity index (χ2n) is 4.09. The number of benzene rings is 1. The Balaban J connectivity index is 2.01. The van der Waals surface area contributed by atoms with Gasteiger partial charge in [-0.3, -0.25) is 4.79 Å². The van der Waals surface area contributed by atoms with Crippen molar-refractivity contribution in [1.29, 1.82) is 0 Å². The van der Waals surface area contributed by atoms with Gasteiger partial charge in [0.2, 0.25) is 5.91 Å². The number of pyridine rings is 1. The van der Waals surface area contributed by atoms with E-state index in [1.165, 1.54) is 24.4 Å². The molecule has 2 rings (SSSR count). The molecule has 0 saturated carbocycles. The highest BCUT2D eigenvalue weighted by Gasteiger charge is 2.09. The fourth-order valence-electron chi connectivity index (χ4n) is 1.63. The van der Waals surface area contributed by atoms with Crippen LogP contribution in [0, 0.1) is 0 Å². The first-order valence-corrected chi connectivity index (χ1v) is 5.82. The van der Waals surface area contributed by atoms with Crippen LogP contribution in [-0.2, 0) is 11.2 Å². The number of phenols is 1. The summed E-state index contributed by atoms with van der Waals surface area (Å²) in [5.41, 5.74) is 0.819. The van der Waals surface area contributed by atoms with Gasteiger partial charge in [0.1, 0.15) is 11.4 Å². The van der Waals surface area contributed by atoms with E-state index in [0.29, 0.717) is 11.3 Å². The molecule has 0 spiro atoms. The number of nitrogens with zero attached hydrogens (tertiary/aromatic N) is 1. The summed E-state index contributed by atoms with van der Waals surface area (Å²) in [4.78, 5) is 26.1. The predicted molar refractivity (Wildman–Crippen MR) is 71.6 cm³/mol. The van der Waals surface area contributed by atoms with Crippen LogP contribution in [0.1, 0.15) is 16.1 Å². The molecule has 102 valence electrons. The number of hydrogen-bond acceptors (Lipinski definition) is 4. The van der Waals surface area contributed by atoms with Gasteiger partial charge < -0.3 is 15.5 Å². The van der Waals surface area contributed by atoms with Gasteiger partial charge in [0.25, 0.3) is 0 Å². The highest BCUT2D eigenvalue weighted by molar-refractivity contribution is 5.93. The van der Waals surface area contributed by atoms with Gasteiger partial charge in [-0.05, 0) is 18.2 Å². The second-order valence-corrected chi connectivity index (χ2v) is 4.09. The molecule has 1 aromatic heterocycles. The molecule has 0 saturated heterocycles. The fraction of sp³-hybridized carbons (Fsp3) is 0.0714. The number of carbonyl (C=O) groups is 2. The molecular formula is C14H12N2O4. The van der Waals surface area contributed by atoms with Gasteiger partial charge >= 0.3 is 5.97 Å². The summed E-state index contributed by atoms with van der Waals surface area (Å²) in [5, 5.41) is 20.8. The molecule has 1 heterocycles. The van der Waals surface area contributed by atoms with E-state index in [0.717, 1.165) is 0 Å². The number of hydrogen-bond donors (Lipinski definition) is 3. The molecule has 0 aliphatic heterocycles. The number of rotatable bonds is 4. The first-order chi connectivity index (χ1) is 9.56. The number of carboxylic acid groups (broad SMARTS) is 1. The molecule has 1 aromatic carbocycles. The van der Waals surface area contributed by atoms with Gasteiger partial charge in [0.15, 0.2) is 0 Å². The molecule has 6 heteroatoms. The third-order valence-corrected chi connectivity index (χ3v) is 2.61. The lowest BCUT2D eigenvalue weighted by atomic mass is 10.1. The van der Waals surface area contributed by atoms with Crippen molar-refractivity contribution in [3.05, 3.63) is 53.9 Å². The van der Waals surface area contributed by atoms with Crippen molar-refractivity contribution >= 4 is 17.6 Å².